The van der Waals surface area contributed by atoms with E-state index in [2.05, 4.69) is 74.0 Å². The third-order valence-electron chi connectivity index (χ3n) is 8.23. The largest absolute Gasteiger partial charge is 0.489 e. The molecule has 41 heavy (non-hydrogen) atoms. The molecular weight excluding hydrogens is 574 g/mol. The summed E-state index contributed by atoms with van der Waals surface area (Å²) in [6, 6.07) is 22.6. The zero-order chi connectivity index (χ0) is 29.5. The molecule has 1 aliphatic carbocycles. The van der Waals surface area contributed by atoms with Crippen molar-refractivity contribution in [3.63, 3.8) is 0 Å². The Morgan fingerprint density at radius 1 is 1.05 bits per heavy atom. The standard InChI is InChI=1S/C35H36BrN3O2/c1-6-23-7-11-26(12-8-23)39-30-17-35(4,5)18-31(40)33(30)32(29(19-37)34(39)38)28-16-24(21(2)15-22(28)3)20-41-27-13-9-25(36)10-14-27/h7-16,32H,6,17-18,20,38H2,1-5H3. The number of Topliss-reactive ketones (excluding diaryl/α,β-unsaturated/α-hetero) is 1. The fourth-order valence-corrected chi connectivity index (χ4v) is 6.33. The normalized spacial score (nSPS) is 18.3. The van der Waals surface area contributed by atoms with Crippen molar-refractivity contribution in [3.8, 4) is 11.8 Å². The Morgan fingerprint density at radius 2 is 1.73 bits per heavy atom. The zero-order valence-electron chi connectivity index (χ0n) is 24.3. The van der Waals surface area contributed by atoms with E-state index >= 15 is 0 Å². The predicted molar refractivity (Wildman–Crippen MR) is 167 cm³/mol. The number of aryl methyl sites for hydroxylation is 3. The van der Waals surface area contributed by atoms with Crippen LogP contribution >= 0.6 is 15.9 Å². The monoisotopic (exact) mass is 609 g/mol. The number of allylic oxidation sites excluding steroid dienone is 3. The fraction of sp³-hybridized carbons (Fsp3) is 0.314. The highest BCUT2D eigenvalue weighted by Gasteiger charge is 2.45. The predicted octanol–water partition coefficient (Wildman–Crippen LogP) is 8.15. The zero-order valence-corrected chi connectivity index (χ0v) is 25.9. The molecular formula is C35H36BrN3O2. The van der Waals surface area contributed by atoms with E-state index in [9.17, 15) is 10.1 Å². The number of ketones is 1. The number of anilines is 1. The van der Waals surface area contributed by atoms with Crippen LogP contribution < -0.4 is 15.4 Å². The molecule has 3 aromatic carbocycles. The maximum atomic E-state index is 14.0. The number of halogens is 1. The summed E-state index contributed by atoms with van der Waals surface area (Å²) in [6.45, 7) is 10.8. The molecule has 5 rings (SSSR count). The second-order valence-corrected chi connectivity index (χ2v) is 12.8. The van der Waals surface area contributed by atoms with Crippen molar-refractivity contribution < 1.29 is 9.53 Å². The molecule has 3 aromatic rings. The van der Waals surface area contributed by atoms with Crippen LogP contribution in [0.15, 0.2) is 87.8 Å². The van der Waals surface area contributed by atoms with E-state index in [0.717, 1.165) is 50.3 Å². The fourth-order valence-electron chi connectivity index (χ4n) is 6.07. The van der Waals surface area contributed by atoms with Gasteiger partial charge in [-0.15, -0.1) is 0 Å². The molecule has 210 valence electrons. The second kappa shape index (κ2) is 11.2. The minimum Gasteiger partial charge on any atom is -0.489 e. The number of carbonyl (C=O) groups is 1. The van der Waals surface area contributed by atoms with E-state index in [1.54, 1.807) is 0 Å². The number of nitrogens with zero attached hydrogens (tertiary/aromatic N) is 2. The molecule has 0 spiro atoms. The summed E-state index contributed by atoms with van der Waals surface area (Å²) in [7, 11) is 0. The van der Waals surface area contributed by atoms with Crippen LogP contribution in [0.2, 0.25) is 0 Å². The Balaban J connectivity index is 1.64. The Hall–Kier alpha value is -3.82. The Morgan fingerprint density at radius 3 is 2.37 bits per heavy atom. The molecule has 1 unspecified atom stereocenters. The van der Waals surface area contributed by atoms with Crippen LogP contribution in [0.4, 0.5) is 5.69 Å². The maximum Gasteiger partial charge on any atom is 0.162 e. The van der Waals surface area contributed by atoms with E-state index < -0.39 is 5.92 Å². The van der Waals surface area contributed by atoms with E-state index in [4.69, 9.17) is 10.5 Å². The molecule has 5 nitrogen and oxygen atoms in total. The number of ether oxygens (including phenoxy) is 1. The molecule has 2 N–H and O–H groups in total. The lowest BCUT2D eigenvalue weighted by Crippen LogP contribution is -2.42. The number of carbonyl (C=O) groups excluding carboxylic acids is 1. The van der Waals surface area contributed by atoms with Gasteiger partial charge in [0.25, 0.3) is 0 Å². The number of benzene rings is 3. The number of hydrogen-bond donors (Lipinski definition) is 1. The van der Waals surface area contributed by atoms with Gasteiger partial charge in [0.2, 0.25) is 0 Å². The molecule has 2 aliphatic rings. The van der Waals surface area contributed by atoms with Gasteiger partial charge in [-0.3, -0.25) is 9.69 Å². The summed E-state index contributed by atoms with van der Waals surface area (Å²) in [5.74, 6) is 0.702. The summed E-state index contributed by atoms with van der Waals surface area (Å²) >= 11 is 3.47. The van der Waals surface area contributed by atoms with E-state index in [1.165, 1.54) is 5.56 Å². The number of hydrogen-bond acceptors (Lipinski definition) is 5. The van der Waals surface area contributed by atoms with Gasteiger partial charge in [-0.2, -0.15) is 5.26 Å². The second-order valence-electron chi connectivity index (χ2n) is 11.9. The maximum absolute atomic E-state index is 14.0. The van der Waals surface area contributed by atoms with Crippen LogP contribution in [0.25, 0.3) is 0 Å². The number of nitriles is 1. The molecule has 1 heterocycles. The van der Waals surface area contributed by atoms with Gasteiger partial charge in [0.05, 0.1) is 17.6 Å². The molecule has 0 bridgehead atoms. The Bertz CT molecular complexity index is 1610. The first-order valence-electron chi connectivity index (χ1n) is 14.1. The summed E-state index contributed by atoms with van der Waals surface area (Å²) in [4.78, 5) is 15.9. The van der Waals surface area contributed by atoms with Crippen molar-refractivity contribution in [2.45, 2.75) is 66.4 Å². The van der Waals surface area contributed by atoms with Crippen molar-refractivity contribution in [1.82, 2.24) is 0 Å². The van der Waals surface area contributed by atoms with E-state index in [0.29, 0.717) is 36.4 Å². The molecule has 0 radical (unpaired) electrons. The van der Waals surface area contributed by atoms with Crippen LogP contribution in [0.3, 0.4) is 0 Å². The highest BCUT2D eigenvalue weighted by molar-refractivity contribution is 9.10. The molecule has 0 amide bonds. The van der Waals surface area contributed by atoms with E-state index in [1.807, 2.05) is 48.2 Å². The van der Waals surface area contributed by atoms with Crippen molar-refractivity contribution >= 4 is 27.4 Å². The summed E-state index contributed by atoms with van der Waals surface area (Å²) in [5, 5.41) is 10.5. The summed E-state index contributed by atoms with van der Waals surface area (Å²) in [5.41, 5.74) is 14.8. The molecule has 0 fully saturated rings. The van der Waals surface area contributed by atoms with Gasteiger partial charge < -0.3 is 10.5 Å². The minimum absolute atomic E-state index is 0.0734. The highest BCUT2D eigenvalue weighted by Crippen LogP contribution is 2.50. The first kappa shape index (κ1) is 28.7. The van der Waals surface area contributed by atoms with Crippen LogP contribution in [-0.2, 0) is 17.8 Å². The van der Waals surface area contributed by atoms with Crippen LogP contribution in [0.5, 0.6) is 5.75 Å². The third kappa shape index (κ3) is 5.56. The summed E-state index contributed by atoms with van der Waals surface area (Å²) in [6.07, 6.45) is 2.04. The number of nitrogens with two attached hydrogens (primary N) is 1. The smallest absolute Gasteiger partial charge is 0.162 e. The minimum atomic E-state index is -0.531. The topological polar surface area (TPSA) is 79.3 Å². The van der Waals surface area contributed by atoms with Crippen LogP contribution in [0, 0.1) is 30.6 Å². The molecule has 0 saturated carbocycles. The first-order chi connectivity index (χ1) is 19.5. The molecule has 1 atom stereocenters. The van der Waals surface area contributed by atoms with Crippen molar-refractivity contribution in [3.05, 3.63) is 116 Å². The van der Waals surface area contributed by atoms with Crippen LogP contribution in [0.1, 0.15) is 67.3 Å². The SMILES string of the molecule is CCc1ccc(N2C(N)=C(C#N)C(c3cc(COc4ccc(Br)cc4)c(C)cc3C)C3=C2CC(C)(C)CC3=O)cc1. The summed E-state index contributed by atoms with van der Waals surface area (Å²) < 4.78 is 7.11. The quantitative estimate of drug-likeness (QED) is 0.305. The van der Waals surface area contributed by atoms with Gasteiger partial charge >= 0.3 is 0 Å². The lowest BCUT2D eigenvalue weighted by atomic mass is 9.68. The molecule has 0 aromatic heterocycles. The molecule has 0 saturated heterocycles. The lowest BCUT2D eigenvalue weighted by molar-refractivity contribution is -0.118. The van der Waals surface area contributed by atoms with Crippen molar-refractivity contribution in [1.29, 1.82) is 5.26 Å². The molecule has 6 heteroatoms. The average Bonchev–Trinajstić information content (AvgIpc) is 2.92. The van der Waals surface area contributed by atoms with Gasteiger partial charge in [0.15, 0.2) is 5.78 Å². The van der Waals surface area contributed by atoms with Crippen molar-refractivity contribution in [2.75, 3.05) is 4.90 Å². The Kier molecular flexibility index (Phi) is 7.85. The lowest BCUT2D eigenvalue weighted by Gasteiger charge is -2.44. The van der Waals surface area contributed by atoms with Gasteiger partial charge in [-0.1, -0.05) is 61.0 Å². The molecule has 1 aliphatic heterocycles. The number of rotatable bonds is 6. The van der Waals surface area contributed by atoms with Gasteiger partial charge in [0.1, 0.15) is 18.2 Å². The van der Waals surface area contributed by atoms with Gasteiger partial charge in [0, 0.05) is 27.9 Å². The van der Waals surface area contributed by atoms with Gasteiger partial charge in [-0.25, -0.2) is 0 Å². The van der Waals surface area contributed by atoms with Crippen molar-refractivity contribution in [2.24, 2.45) is 11.1 Å². The van der Waals surface area contributed by atoms with E-state index in [-0.39, 0.29) is 11.2 Å². The van der Waals surface area contributed by atoms with Gasteiger partial charge in [-0.05, 0) is 96.3 Å². The highest BCUT2D eigenvalue weighted by atomic mass is 79.9. The Labute approximate surface area is 251 Å². The average molecular weight is 611 g/mol. The first-order valence-corrected chi connectivity index (χ1v) is 14.9. The third-order valence-corrected chi connectivity index (χ3v) is 8.76. The van der Waals surface area contributed by atoms with Crippen LogP contribution in [-0.4, -0.2) is 5.78 Å².